The molecule has 2 heterocycles. The molecule has 0 spiro atoms. The van der Waals surface area contributed by atoms with Crippen molar-refractivity contribution in [2.45, 2.75) is 44.3 Å². The van der Waals surface area contributed by atoms with E-state index in [1.165, 1.54) is 0 Å². The Labute approximate surface area is 124 Å². The average molecular weight is 287 g/mol. The molecule has 2 N–H and O–H groups in total. The summed E-state index contributed by atoms with van der Waals surface area (Å²) in [6.45, 7) is 2.90. The summed E-state index contributed by atoms with van der Waals surface area (Å²) in [6.07, 6.45) is 2.53. The van der Waals surface area contributed by atoms with Gasteiger partial charge in [0.2, 0.25) is 11.8 Å². The van der Waals surface area contributed by atoms with E-state index in [2.05, 4.69) is 10.6 Å². The maximum absolute atomic E-state index is 12.6. The van der Waals surface area contributed by atoms with Gasteiger partial charge in [-0.15, -0.1) is 0 Å². The number of para-hydroxylation sites is 1. The van der Waals surface area contributed by atoms with Crippen LogP contribution >= 0.6 is 0 Å². The van der Waals surface area contributed by atoms with Gasteiger partial charge in [0.05, 0.1) is 6.04 Å². The van der Waals surface area contributed by atoms with Crippen LogP contribution in [0.3, 0.4) is 0 Å². The molecule has 0 aromatic heterocycles. The van der Waals surface area contributed by atoms with Crippen molar-refractivity contribution in [2.24, 2.45) is 0 Å². The average Bonchev–Trinajstić information content (AvgIpc) is 3.09. The number of hydrogen-bond donors (Lipinski definition) is 2. The van der Waals surface area contributed by atoms with E-state index >= 15 is 0 Å². The Balaban J connectivity index is 1.68. The van der Waals surface area contributed by atoms with Crippen LogP contribution in [0, 0.1) is 0 Å². The highest BCUT2D eigenvalue weighted by atomic mass is 16.2. The molecule has 5 nitrogen and oxygen atoms in total. The number of carbonyl (C=O) groups is 2. The molecule has 3 rings (SSSR count). The second kappa shape index (κ2) is 5.85. The molecule has 2 aliphatic heterocycles. The molecule has 3 unspecified atom stereocenters. The van der Waals surface area contributed by atoms with Crippen molar-refractivity contribution >= 4 is 17.5 Å². The molecule has 2 amide bonds. The van der Waals surface area contributed by atoms with Gasteiger partial charge in [0.25, 0.3) is 0 Å². The van der Waals surface area contributed by atoms with E-state index in [-0.39, 0.29) is 23.9 Å². The van der Waals surface area contributed by atoms with Gasteiger partial charge in [-0.2, -0.15) is 0 Å². The Morgan fingerprint density at radius 1 is 1.33 bits per heavy atom. The van der Waals surface area contributed by atoms with Gasteiger partial charge in [0.1, 0.15) is 6.04 Å². The van der Waals surface area contributed by atoms with Crippen LogP contribution in [-0.2, 0) is 9.59 Å². The van der Waals surface area contributed by atoms with Gasteiger partial charge in [-0.05, 0) is 44.9 Å². The highest BCUT2D eigenvalue weighted by Crippen LogP contribution is 2.26. The predicted molar refractivity (Wildman–Crippen MR) is 81.0 cm³/mol. The SMILES string of the molecule is CC1CC(NC(=O)C2CCCN2)C(=O)N1c1ccccc1. The molecule has 3 atom stereocenters. The fourth-order valence-corrected chi connectivity index (χ4v) is 3.20. The number of carbonyl (C=O) groups excluding carboxylic acids is 2. The lowest BCUT2D eigenvalue weighted by atomic mass is 10.1. The second-order valence-corrected chi connectivity index (χ2v) is 5.84. The molecule has 2 fully saturated rings. The summed E-state index contributed by atoms with van der Waals surface area (Å²) in [5.41, 5.74) is 0.894. The Morgan fingerprint density at radius 2 is 2.10 bits per heavy atom. The fraction of sp³-hybridized carbons (Fsp3) is 0.500. The normalized spacial score (nSPS) is 28.9. The van der Waals surface area contributed by atoms with Crippen LogP contribution in [0.2, 0.25) is 0 Å². The number of hydrogen-bond acceptors (Lipinski definition) is 3. The first-order valence-corrected chi connectivity index (χ1v) is 7.58. The van der Waals surface area contributed by atoms with E-state index in [0.29, 0.717) is 6.42 Å². The molecular formula is C16H21N3O2. The zero-order chi connectivity index (χ0) is 14.8. The zero-order valence-corrected chi connectivity index (χ0v) is 12.2. The summed E-state index contributed by atoms with van der Waals surface area (Å²) in [7, 11) is 0. The topological polar surface area (TPSA) is 61.4 Å². The van der Waals surface area contributed by atoms with Crippen molar-refractivity contribution in [1.82, 2.24) is 10.6 Å². The standard InChI is InChI=1S/C16H21N3O2/c1-11-10-14(18-15(20)13-8-5-9-17-13)16(21)19(11)12-6-3-2-4-7-12/h2-4,6-7,11,13-14,17H,5,8-10H2,1H3,(H,18,20). The van der Waals surface area contributed by atoms with Gasteiger partial charge in [-0.1, -0.05) is 18.2 Å². The summed E-state index contributed by atoms with van der Waals surface area (Å²) in [5, 5.41) is 6.07. The van der Waals surface area contributed by atoms with Crippen LogP contribution in [0.25, 0.3) is 0 Å². The smallest absolute Gasteiger partial charge is 0.249 e. The minimum atomic E-state index is -0.407. The predicted octanol–water partition coefficient (Wildman–Crippen LogP) is 1.05. The minimum Gasteiger partial charge on any atom is -0.343 e. The van der Waals surface area contributed by atoms with E-state index < -0.39 is 6.04 Å². The maximum atomic E-state index is 12.6. The number of benzene rings is 1. The monoisotopic (exact) mass is 287 g/mol. The number of anilines is 1. The fourth-order valence-electron chi connectivity index (χ4n) is 3.20. The van der Waals surface area contributed by atoms with Crippen molar-refractivity contribution in [3.05, 3.63) is 30.3 Å². The van der Waals surface area contributed by atoms with Crippen LogP contribution in [0.4, 0.5) is 5.69 Å². The van der Waals surface area contributed by atoms with E-state index in [1.54, 1.807) is 4.90 Å². The molecule has 1 aromatic carbocycles. The van der Waals surface area contributed by atoms with Crippen LogP contribution in [0.5, 0.6) is 0 Å². The quantitative estimate of drug-likeness (QED) is 0.873. The molecular weight excluding hydrogens is 266 g/mol. The van der Waals surface area contributed by atoms with Gasteiger partial charge >= 0.3 is 0 Å². The first-order chi connectivity index (χ1) is 10.2. The minimum absolute atomic E-state index is 0.0138. The van der Waals surface area contributed by atoms with Gasteiger partial charge in [0.15, 0.2) is 0 Å². The number of rotatable bonds is 3. The van der Waals surface area contributed by atoms with Crippen LogP contribution in [0.1, 0.15) is 26.2 Å². The summed E-state index contributed by atoms with van der Waals surface area (Å²) < 4.78 is 0. The van der Waals surface area contributed by atoms with Crippen molar-refractivity contribution in [3.8, 4) is 0 Å². The Hall–Kier alpha value is -1.88. The van der Waals surface area contributed by atoms with Crippen LogP contribution in [0.15, 0.2) is 30.3 Å². The van der Waals surface area contributed by atoms with E-state index in [9.17, 15) is 9.59 Å². The number of nitrogens with one attached hydrogen (secondary N) is 2. The Bertz CT molecular complexity index is 526. The maximum Gasteiger partial charge on any atom is 0.249 e. The van der Waals surface area contributed by atoms with E-state index in [0.717, 1.165) is 25.1 Å². The number of nitrogens with zero attached hydrogens (tertiary/aromatic N) is 1. The van der Waals surface area contributed by atoms with Crippen LogP contribution in [-0.4, -0.2) is 36.5 Å². The molecule has 0 saturated carbocycles. The summed E-state index contributed by atoms with van der Waals surface area (Å²) in [5.74, 6) is -0.0620. The molecule has 0 radical (unpaired) electrons. The molecule has 2 aliphatic rings. The van der Waals surface area contributed by atoms with Crippen molar-refractivity contribution < 1.29 is 9.59 Å². The van der Waals surface area contributed by atoms with Crippen LogP contribution < -0.4 is 15.5 Å². The molecule has 112 valence electrons. The number of amides is 2. The second-order valence-electron chi connectivity index (χ2n) is 5.84. The Morgan fingerprint density at radius 3 is 2.76 bits per heavy atom. The Kier molecular flexibility index (Phi) is 3.92. The third kappa shape index (κ3) is 2.78. The van der Waals surface area contributed by atoms with Gasteiger partial charge in [0, 0.05) is 11.7 Å². The van der Waals surface area contributed by atoms with E-state index in [4.69, 9.17) is 0 Å². The van der Waals surface area contributed by atoms with Crippen molar-refractivity contribution in [3.63, 3.8) is 0 Å². The van der Waals surface area contributed by atoms with Crippen molar-refractivity contribution in [1.29, 1.82) is 0 Å². The lowest BCUT2D eigenvalue weighted by Crippen LogP contribution is -2.48. The van der Waals surface area contributed by atoms with Gasteiger partial charge in [-0.3, -0.25) is 9.59 Å². The highest BCUT2D eigenvalue weighted by molar-refractivity contribution is 6.02. The lowest BCUT2D eigenvalue weighted by Gasteiger charge is -2.21. The molecule has 2 saturated heterocycles. The van der Waals surface area contributed by atoms with Crippen molar-refractivity contribution in [2.75, 3.05) is 11.4 Å². The van der Waals surface area contributed by atoms with E-state index in [1.807, 2.05) is 37.3 Å². The third-order valence-corrected chi connectivity index (χ3v) is 4.28. The largest absolute Gasteiger partial charge is 0.343 e. The molecule has 0 aliphatic carbocycles. The summed E-state index contributed by atoms with van der Waals surface area (Å²) in [6, 6.07) is 9.18. The third-order valence-electron chi connectivity index (χ3n) is 4.28. The molecule has 1 aromatic rings. The van der Waals surface area contributed by atoms with Gasteiger partial charge in [-0.25, -0.2) is 0 Å². The highest BCUT2D eigenvalue weighted by Gasteiger charge is 2.39. The zero-order valence-electron chi connectivity index (χ0n) is 12.2. The lowest BCUT2D eigenvalue weighted by molar-refractivity contribution is -0.127. The van der Waals surface area contributed by atoms with Gasteiger partial charge < -0.3 is 15.5 Å². The molecule has 21 heavy (non-hydrogen) atoms. The first kappa shape index (κ1) is 14.1. The first-order valence-electron chi connectivity index (χ1n) is 7.58. The molecule has 0 bridgehead atoms. The summed E-state index contributed by atoms with van der Waals surface area (Å²) in [4.78, 5) is 26.5. The molecule has 5 heteroatoms. The summed E-state index contributed by atoms with van der Waals surface area (Å²) >= 11 is 0.